The summed E-state index contributed by atoms with van der Waals surface area (Å²) in [5.41, 5.74) is 0.313. The van der Waals surface area contributed by atoms with Crippen LogP contribution in [0.2, 0.25) is 18.1 Å². The van der Waals surface area contributed by atoms with Gasteiger partial charge in [-0.3, -0.25) is 32.3 Å². The van der Waals surface area contributed by atoms with Crippen LogP contribution in [-0.2, 0) is 41.1 Å². The first kappa shape index (κ1) is 42.7. The number of aromatic nitrogens is 7. The predicted octanol–water partition coefficient (Wildman–Crippen LogP) is 4.96. The Morgan fingerprint density at radius 3 is 2.30 bits per heavy atom. The minimum absolute atomic E-state index is 0.0289. The summed E-state index contributed by atoms with van der Waals surface area (Å²) in [5.74, 6) is -0.602. The number of phosphoric ester groups is 2. The fourth-order valence-corrected chi connectivity index (χ4v) is 10.6. The number of imidazole rings is 1. The number of ether oxygens (including phenoxy) is 2. The summed E-state index contributed by atoms with van der Waals surface area (Å²) in [6, 6.07) is 10.3. The lowest BCUT2D eigenvalue weighted by atomic mass is 10.0. The highest BCUT2D eigenvalue weighted by Gasteiger charge is 2.56. The molecule has 7 heterocycles. The minimum atomic E-state index is -5.07. The van der Waals surface area contributed by atoms with Gasteiger partial charge in [0.2, 0.25) is 0 Å². The predicted molar refractivity (Wildman–Crippen MR) is 215 cm³/mol. The van der Waals surface area contributed by atoms with E-state index < -0.39 is 91.6 Å². The van der Waals surface area contributed by atoms with Crippen LogP contribution in [0.3, 0.4) is 0 Å². The molecule has 60 heavy (non-hydrogen) atoms. The van der Waals surface area contributed by atoms with Gasteiger partial charge < -0.3 is 38.6 Å². The number of fused-ring (bicyclic) bond motifs is 5. The van der Waals surface area contributed by atoms with Gasteiger partial charge >= 0.3 is 15.6 Å². The zero-order chi connectivity index (χ0) is 42.9. The summed E-state index contributed by atoms with van der Waals surface area (Å²) < 4.78 is 73.6. The molecule has 3 aliphatic rings. The normalized spacial score (nSPS) is 31.7. The van der Waals surface area contributed by atoms with Crippen molar-refractivity contribution in [1.29, 1.82) is 0 Å². The monoisotopic (exact) mass is 888 g/mol. The first-order chi connectivity index (χ1) is 28.2. The molecule has 0 radical (unpaired) electrons. The van der Waals surface area contributed by atoms with Crippen molar-refractivity contribution in [3.8, 4) is 0 Å². The maximum atomic E-state index is 14.1. The third-order valence-corrected chi connectivity index (χ3v) is 17.8. The van der Waals surface area contributed by atoms with Crippen LogP contribution in [0.15, 0.2) is 60.0 Å². The number of anilines is 1. The molecule has 10 atom stereocenters. The number of phosphoric acid groups is 2. The van der Waals surface area contributed by atoms with Crippen LogP contribution in [0.1, 0.15) is 56.3 Å². The van der Waals surface area contributed by atoms with E-state index in [4.69, 9.17) is 32.0 Å². The zero-order valence-corrected chi connectivity index (χ0v) is 36.5. The smallest absolute Gasteiger partial charge is 0.408 e. The quantitative estimate of drug-likeness (QED) is 0.130. The van der Waals surface area contributed by atoms with Crippen molar-refractivity contribution < 1.29 is 55.7 Å². The van der Waals surface area contributed by atoms with Gasteiger partial charge in [0.1, 0.15) is 60.4 Å². The molecule has 1 amide bonds. The summed E-state index contributed by atoms with van der Waals surface area (Å²) in [4.78, 5) is 68.4. The largest absolute Gasteiger partial charge is 0.472 e. The number of aromatic amines is 1. The Bertz CT molecular complexity index is 2580. The number of hydrogen-bond acceptors (Lipinski definition) is 15. The number of carbonyl (C=O) groups excluding carboxylic acids is 1. The number of nitrogens with one attached hydrogen (secondary N) is 2. The summed E-state index contributed by atoms with van der Waals surface area (Å²) >= 11 is 0. The van der Waals surface area contributed by atoms with E-state index >= 15 is 0 Å². The van der Waals surface area contributed by atoms with Gasteiger partial charge in [-0.1, -0.05) is 45.9 Å². The van der Waals surface area contributed by atoms with Crippen LogP contribution in [-0.4, -0.2) is 102 Å². The second-order valence-electron chi connectivity index (χ2n) is 16.5. The van der Waals surface area contributed by atoms with Crippen LogP contribution < -0.4 is 10.9 Å². The summed E-state index contributed by atoms with van der Waals surface area (Å²) in [6.45, 7) is 11.9. The SMILES string of the molecule is Cc1nc2c(ncn2[C@@H]2O[C@@H]3COP(=O)(O)O[C@@H]4C(C)[C@H](n5ccc6c(NC(=O)c7ccccc7)ncnc65)O[C@@H]4COP(=O)(O)OC2[C@H]3O[Si](C)(C)C(C)(C)C)c(=O)[nH]1. The summed E-state index contributed by atoms with van der Waals surface area (Å²) in [5, 5.41) is 2.91. The van der Waals surface area contributed by atoms with Crippen molar-refractivity contribution in [3.63, 3.8) is 0 Å². The van der Waals surface area contributed by atoms with Gasteiger partial charge in [-0.25, -0.2) is 29.1 Å². The van der Waals surface area contributed by atoms with Crippen LogP contribution in [0.25, 0.3) is 22.2 Å². The molecule has 0 saturated carbocycles. The number of H-pyrrole nitrogens is 1. The number of nitrogens with zero attached hydrogens (tertiary/aromatic N) is 6. The topological polar surface area (TPSA) is 263 Å². The van der Waals surface area contributed by atoms with E-state index in [0.717, 1.165) is 0 Å². The molecule has 3 fully saturated rings. The molecule has 0 spiro atoms. The molecule has 0 aliphatic carbocycles. The highest BCUT2D eigenvalue weighted by atomic mass is 31.2. The van der Waals surface area contributed by atoms with Crippen LogP contribution >= 0.6 is 15.6 Å². The van der Waals surface area contributed by atoms with Crippen molar-refractivity contribution in [2.24, 2.45) is 5.92 Å². The van der Waals surface area contributed by atoms with E-state index in [2.05, 4.69) is 30.2 Å². The average molecular weight is 889 g/mol. The van der Waals surface area contributed by atoms with Crippen molar-refractivity contribution in [2.45, 2.75) is 95.7 Å². The maximum Gasteiger partial charge on any atom is 0.472 e. The Morgan fingerprint density at radius 2 is 1.60 bits per heavy atom. The van der Waals surface area contributed by atoms with Gasteiger partial charge in [-0.05, 0) is 43.3 Å². The van der Waals surface area contributed by atoms with E-state index in [9.17, 15) is 28.5 Å². The second-order valence-corrected chi connectivity index (χ2v) is 24.0. The van der Waals surface area contributed by atoms with E-state index in [1.165, 1.54) is 17.2 Å². The number of rotatable bonds is 6. The van der Waals surface area contributed by atoms with E-state index in [1.54, 1.807) is 61.0 Å². The van der Waals surface area contributed by atoms with E-state index in [-0.39, 0.29) is 33.8 Å². The Morgan fingerprint density at radius 1 is 0.933 bits per heavy atom. The van der Waals surface area contributed by atoms with Gasteiger partial charge in [0.25, 0.3) is 11.5 Å². The minimum Gasteiger partial charge on any atom is -0.408 e. The maximum absolute atomic E-state index is 14.1. The molecule has 5 aromatic rings. The molecule has 1 aromatic carbocycles. The molecule has 4 N–H and O–H groups in total. The Hall–Kier alpha value is -4.02. The third-order valence-electron chi connectivity index (χ3n) is 11.4. The molecule has 4 aromatic heterocycles. The first-order valence-corrected chi connectivity index (χ1v) is 25.0. The average Bonchev–Trinajstić information content (AvgIpc) is 3.94. The lowest BCUT2D eigenvalue weighted by molar-refractivity contribution is -0.0669. The molecule has 2 bridgehead atoms. The van der Waals surface area contributed by atoms with Gasteiger partial charge in [-0.15, -0.1) is 0 Å². The van der Waals surface area contributed by atoms with Crippen LogP contribution in [0, 0.1) is 12.8 Å². The van der Waals surface area contributed by atoms with E-state index in [1.807, 2.05) is 33.9 Å². The number of amides is 1. The fraction of sp³-hybridized carbons (Fsp3) is 0.500. The molecular weight excluding hydrogens is 842 g/mol. The molecule has 322 valence electrons. The number of hydrogen-bond donors (Lipinski definition) is 4. The Labute approximate surface area is 344 Å². The van der Waals surface area contributed by atoms with Crippen molar-refractivity contribution >= 4 is 57.9 Å². The summed E-state index contributed by atoms with van der Waals surface area (Å²) in [7, 11) is -12.8. The number of carbonyl (C=O) groups is 1. The zero-order valence-electron chi connectivity index (χ0n) is 33.7. The van der Waals surface area contributed by atoms with Crippen LogP contribution in [0.5, 0.6) is 0 Å². The van der Waals surface area contributed by atoms with Crippen LogP contribution in [0.4, 0.5) is 5.82 Å². The fourth-order valence-electron chi connectivity index (χ4n) is 7.31. The van der Waals surface area contributed by atoms with Crippen molar-refractivity contribution in [3.05, 3.63) is 77.0 Å². The van der Waals surface area contributed by atoms with Gasteiger partial charge in [0.05, 0.1) is 24.9 Å². The number of aryl methyl sites for hydroxylation is 1. The highest BCUT2D eigenvalue weighted by molar-refractivity contribution is 7.47. The molecule has 8 rings (SSSR count). The molecule has 24 heteroatoms. The molecule has 3 aliphatic heterocycles. The molecule has 4 unspecified atom stereocenters. The van der Waals surface area contributed by atoms with E-state index in [0.29, 0.717) is 16.6 Å². The Balaban J connectivity index is 1.12. The van der Waals surface area contributed by atoms with Crippen molar-refractivity contribution in [2.75, 3.05) is 18.5 Å². The second kappa shape index (κ2) is 15.7. The first-order valence-electron chi connectivity index (χ1n) is 19.1. The number of benzene rings is 1. The molecular formula is C36H46N8O13P2Si. The highest BCUT2D eigenvalue weighted by Crippen LogP contribution is 2.55. The Kier molecular flexibility index (Phi) is 11.2. The van der Waals surface area contributed by atoms with Crippen molar-refractivity contribution in [1.82, 2.24) is 34.1 Å². The molecule has 3 saturated heterocycles. The third kappa shape index (κ3) is 8.19. The molecule has 21 nitrogen and oxygen atoms in total. The van der Waals surface area contributed by atoms with Gasteiger partial charge in [0, 0.05) is 17.7 Å². The lowest BCUT2D eigenvalue weighted by Crippen LogP contribution is -2.50. The standard InChI is InChI=1S/C36H46N8O13P2Si/c1-19-26-23(53-34(19)43-14-13-22-29(37-17-38-30(22)43)42-32(45)21-11-9-8-10-12-21)15-51-59(49,50)56-28-27(57-60(6,7)36(3,4)5)24(16-52-58(47,48)55-26)54-35(28)44-18-39-25-31(44)40-20(2)41-33(25)46/h8-14,17-19,23-24,26-28,34-35H,15-16H2,1-7H3,(H,47,48)(H,49,50)(H,40,41,46)(H,37,38,42,45)/t19?,23-,24-,26-,27+,28?,34-,35-/m1/s1. The lowest BCUT2D eigenvalue weighted by Gasteiger charge is -2.40. The summed E-state index contributed by atoms with van der Waals surface area (Å²) in [6.07, 6.45) is -4.31. The van der Waals surface area contributed by atoms with Gasteiger partial charge in [0.15, 0.2) is 25.7 Å². The van der Waals surface area contributed by atoms with Gasteiger partial charge in [-0.2, -0.15) is 0 Å².